The van der Waals surface area contributed by atoms with E-state index in [2.05, 4.69) is 10.6 Å². The van der Waals surface area contributed by atoms with Gasteiger partial charge in [0.1, 0.15) is 0 Å². The van der Waals surface area contributed by atoms with Gasteiger partial charge in [0.2, 0.25) is 0 Å². The molecule has 0 bridgehead atoms. The lowest BCUT2D eigenvalue weighted by atomic mass is 9.89. The molecular formula is C18H27FN2O3. The van der Waals surface area contributed by atoms with E-state index in [1.165, 1.54) is 6.07 Å². The average molecular weight is 338 g/mol. The second-order valence-corrected chi connectivity index (χ2v) is 7.03. The third-order valence-electron chi connectivity index (χ3n) is 4.31. The molecule has 134 valence electrons. The molecule has 0 aromatic heterocycles. The number of hydrogen-bond donors (Lipinski definition) is 3. The average Bonchev–Trinajstić information content (AvgIpc) is 2.75. The van der Waals surface area contributed by atoms with Crippen LogP contribution in [0.4, 0.5) is 9.18 Å². The van der Waals surface area contributed by atoms with Gasteiger partial charge in [-0.1, -0.05) is 26.0 Å². The molecule has 24 heavy (non-hydrogen) atoms. The summed E-state index contributed by atoms with van der Waals surface area (Å²) in [4.78, 5) is 12.1. The highest BCUT2D eigenvalue weighted by molar-refractivity contribution is 5.74. The minimum absolute atomic E-state index is 0.129. The molecule has 0 aliphatic carbocycles. The van der Waals surface area contributed by atoms with Crippen LogP contribution < -0.4 is 15.4 Å². The molecule has 0 saturated heterocycles. The van der Waals surface area contributed by atoms with Crippen LogP contribution in [0.15, 0.2) is 18.2 Å². The Morgan fingerprint density at radius 3 is 3.00 bits per heavy atom. The zero-order chi connectivity index (χ0) is 17.6. The number of urea groups is 1. The predicted molar refractivity (Wildman–Crippen MR) is 90.5 cm³/mol. The summed E-state index contributed by atoms with van der Waals surface area (Å²) in [6, 6.07) is 4.26. The number of carbonyl (C=O) groups is 1. The van der Waals surface area contributed by atoms with Crippen molar-refractivity contribution in [2.45, 2.75) is 45.6 Å². The first kappa shape index (κ1) is 18.5. The maximum absolute atomic E-state index is 13.9. The number of aliphatic hydroxyl groups is 1. The van der Waals surface area contributed by atoms with Crippen LogP contribution in [0.2, 0.25) is 0 Å². The lowest BCUT2D eigenvalue weighted by Gasteiger charge is -2.22. The van der Waals surface area contributed by atoms with E-state index in [0.717, 1.165) is 19.3 Å². The monoisotopic (exact) mass is 338 g/mol. The number of rotatable bonds is 6. The Kier molecular flexibility index (Phi) is 6.43. The maximum atomic E-state index is 13.9. The van der Waals surface area contributed by atoms with E-state index in [-0.39, 0.29) is 29.8 Å². The van der Waals surface area contributed by atoms with E-state index in [1.807, 2.05) is 13.8 Å². The van der Waals surface area contributed by atoms with Crippen LogP contribution in [0.1, 0.15) is 51.1 Å². The Morgan fingerprint density at radius 2 is 2.25 bits per heavy atom. The van der Waals surface area contributed by atoms with Crippen LogP contribution in [-0.2, 0) is 0 Å². The van der Waals surface area contributed by atoms with Gasteiger partial charge in [-0.3, -0.25) is 0 Å². The number of carbonyl (C=O) groups excluding carboxylic acids is 1. The van der Waals surface area contributed by atoms with Crippen LogP contribution in [0, 0.1) is 11.2 Å². The highest BCUT2D eigenvalue weighted by Gasteiger charge is 2.23. The first-order valence-corrected chi connectivity index (χ1v) is 8.49. The third kappa shape index (κ3) is 5.09. The molecule has 1 aliphatic rings. The zero-order valence-corrected chi connectivity index (χ0v) is 14.4. The fraction of sp³-hybridized carbons (Fsp3) is 0.611. The number of fused-ring (bicyclic) bond motifs is 1. The molecule has 2 amide bonds. The van der Waals surface area contributed by atoms with Crippen LogP contribution in [0.25, 0.3) is 0 Å². The van der Waals surface area contributed by atoms with E-state index in [1.54, 1.807) is 12.1 Å². The first-order valence-electron chi connectivity index (χ1n) is 8.49. The molecular weight excluding hydrogens is 311 g/mol. The number of para-hydroxylation sites is 1. The smallest absolute Gasteiger partial charge is 0.315 e. The zero-order valence-electron chi connectivity index (χ0n) is 14.4. The van der Waals surface area contributed by atoms with Gasteiger partial charge >= 0.3 is 6.03 Å². The predicted octanol–water partition coefficient (Wildman–Crippen LogP) is 3.14. The summed E-state index contributed by atoms with van der Waals surface area (Å²) in [7, 11) is 0. The molecule has 1 aromatic carbocycles. The fourth-order valence-electron chi connectivity index (χ4n) is 2.78. The summed E-state index contributed by atoms with van der Waals surface area (Å²) in [6.07, 6.45) is 3.08. The Labute approximate surface area is 142 Å². The minimum Gasteiger partial charge on any atom is -0.490 e. The molecule has 0 saturated carbocycles. The molecule has 1 aliphatic heterocycles. The van der Waals surface area contributed by atoms with Gasteiger partial charge in [0.25, 0.3) is 0 Å². The molecule has 1 heterocycles. The fourth-order valence-corrected chi connectivity index (χ4v) is 2.78. The summed E-state index contributed by atoms with van der Waals surface area (Å²) in [5, 5.41) is 15.0. The van der Waals surface area contributed by atoms with Gasteiger partial charge in [0.05, 0.1) is 12.6 Å². The number of nitrogens with one attached hydrogen (secondary N) is 2. The van der Waals surface area contributed by atoms with Crippen LogP contribution in [0.5, 0.6) is 5.75 Å². The molecule has 1 atom stereocenters. The molecule has 0 fully saturated rings. The molecule has 0 spiro atoms. The van der Waals surface area contributed by atoms with Crippen molar-refractivity contribution in [3.63, 3.8) is 0 Å². The van der Waals surface area contributed by atoms with Gasteiger partial charge < -0.3 is 20.5 Å². The summed E-state index contributed by atoms with van der Waals surface area (Å²) < 4.78 is 19.4. The van der Waals surface area contributed by atoms with Gasteiger partial charge in [0.15, 0.2) is 11.6 Å². The number of ether oxygens (including phenoxy) is 1. The summed E-state index contributed by atoms with van der Waals surface area (Å²) in [6.45, 7) is 5.09. The number of benzene rings is 1. The van der Waals surface area contributed by atoms with Crippen LogP contribution in [-0.4, -0.2) is 30.9 Å². The van der Waals surface area contributed by atoms with Gasteiger partial charge in [-0.2, -0.15) is 0 Å². The second kappa shape index (κ2) is 8.33. The first-order chi connectivity index (χ1) is 11.4. The second-order valence-electron chi connectivity index (χ2n) is 7.03. The van der Waals surface area contributed by atoms with E-state index in [4.69, 9.17) is 4.74 Å². The van der Waals surface area contributed by atoms with Crippen molar-refractivity contribution in [1.29, 1.82) is 0 Å². The van der Waals surface area contributed by atoms with Crippen molar-refractivity contribution in [2.24, 2.45) is 5.41 Å². The van der Waals surface area contributed by atoms with Gasteiger partial charge in [-0.15, -0.1) is 0 Å². The van der Waals surface area contributed by atoms with Crippen molar-refractivity contribution >= 4 is 6.03 Å². The van der Waals surface area contributed by atoms with Crippen molar-refractivity contribution < 1.29 is 19.0 Å². The highest BCUT2D eigenvalue weighted by atomic mass is 19.1. The largest absolute Gasteiger partial charge is 0.490 e. The van der Waals surface area contributed by atoms with Crippen LogP contribution >= 0.6 is 0 Å². The highest BCUT2D eigenvalue weighted by Crippen LogP contribution is 2.33. The molecule has 6 heteroatoms. The molecule has 0 radical (unpaired) electrons. The molecule has 3 N–H and O–H groups in total. The minimum atomic E-state index is -0.396. The number of amides is 2. The normalized spacial score (nSPS) is 17.4. The Bertz CT molecular complexity index is 563. The lowest BCUT2D eigenvalue weighted by molar-refractivity contribution is 0.148. The third-order valence-corrected chi connectivity index (χ3v) is 4.31. The van der Waals surface area contributed by atoms with Crippen LogP contribution in [0.3, 0.4) is 0 Å². The van der Waals surface area contributed by atoms with Crippen molar-refractivity contribution in [1.82, 2.24) is 10.6 Å². The van der Waals surface area contributed by atoms with Gasteiger partial charge in [0, 0.05) is 18.7 Å². The lowest BCUT2D eigenvalue weighted by Crippen LogP contribution is -2.38. The Morgan fingerprint density at radius 1 is 1.46 bits per heavy atom. The molecule has 2 rings (SSSR count). The van der Waals surface area contributed by atoms with Crippen molar-refractivity contribution in [3.8, 4) is 5.75 Å². The van der Waals surface area contributed by atoms with Crippen molar-refractivity contribution in [3.05, 3.63) is 29.6 Å². The molecule has 5 nitrogen and oxygen atoms in total. The SMILES string of the molecule is CC(C)(CO)CCCNC(=O)NC1CCCOc2c(F)cccc21. The molecule has 1 aromatic rings. The summed E-state index contributed by atoms with van der Waals surface area (Å²) in [5.74, 6) is -0.155. The van der Waals surface area contributed by atoms with Gasteiger partial charge in [-0.05, 0) is 37.2 Å². The topological polar surface area (TPSA) is 70.6 Å². The van der Waals surface area contributed by atoms with Gasteiger partial charge in [-0.25, -0.2) is 9.18 Å². The standard InChI is InChI=1S/C18H27FN2O3/c1-18(2,12-22)9-5-10-20-17(23)21-15-8-4-11-24-16-13(15)6-3-7-14(16)19/h3,6-7,15,22H,4-5,8-12H2,1-2H3,(H2,20,21,23). The Balaban J connectivity index is 1.87. The molecule has 1 unspecified atom stereocenters. The van der Waals surface area contributed by atoms with E-state index >= 15 is 0 Å². The number of aliphatic hydroxyl groups excluding tert-OH is 1. The summed E-state index contributed by atoms with van der Waals surface area (Å²) >= 11 is 0. The van der Waals surface area contributed by atoms with Crippen molar-refractivity contribution in [2.75, 3.05) is 19.8 Å². The summed E-state index contributed by atoms with van der Waals surface area (Å²) in [5.41, 5.74) is 0.553. The number of halogens is 1. The van der Waals surface area contributed by atoms with E-state index < -0.39 is 5.82 Å². The van der Waals surface area contributed by atoms with E-state index in [9.17, 15) is 14.3 Å². The Hall–Kier alpha value is -1.82. The quantitative estimate of drug-likeness (QED) is 0.698. The van der Waals surface area contributed by atoms with E-state index in [0.29, 0.717) is 25.1 Å². The maximum Gasteiger partial charge on any atom is 0.315 e. The number of hydrogen-bond acceptors (Lipinski definition) is 3.